The van der Waals surface area contributed by atoms with Crippen LogP contribution in [0.25, 0.3) is 11.8 Å². The Morgan fingerprint density at radius 2 is 1.54 bits per heavy atom. The highest BCUT2D eigenvalue weighted by molar-refractivity contribution is 6.06. The van der Waals surface area contributed by atoms with E-state index in [2.05, 4.69) is 177 Å². The molecule has 1 N–H and O–H groups in total. The molecule has 4 rings (SSSR count). The van der Waals surface area contributed by atoms with Gasteiger partial charge in [0.2, 0.25) is 0 Å². The molecule has 0 aliphatic heterocycles. The van der Waals surface area contributed by atoms with E-state index < -0.39 is 0 Å². The number of hydrogen-bond donors (Lipinski definition) is 1. The van der Waals surface area contributed by atoms with E-state index in [0.717, 1.165) is 72.9 Å². The first-order chi connectivity index (χ1) is 26.6. The first kappa shape index (κ1) is 44.0. The maximum atomic E-state index is 14.0. The van der Waals surface area contributed by atoms with Gasteiger partial charge in [0, 0.05) is 12.1 Å². The molecule has 0 heterocycles. The van der Waals surface area contributed by atoms with Gasteiger partial charge in [0.25, 0.3) is 0 Å². The smallest absolute Gasteiger partial charge is 0.162 e. The van der Waals surface area contributed by atoms with Crippen molar-refractivity contribution in [2.75, 3.05) is 0 Å². The van der Waals surface area contributed by atoms with Gasteiger partial charge in [0.1, 0.15) is 0 Å². The van der Waals surface area contributed by atoms with Gasteiger partial charge < -0.3 is 5.32 Å². The van der Waals surface area contributed by atoms with Crippen LogP contribution in [0.4, 0.5) is 0 Å². The largest absolute Gasteiger partial charge is 0.380 e. The molecule has 0 amide bonds. The molecule has 0 aromatic heterocycles. The second kappa shape index (κ2) is 20.5. The monoisotopic (exact) mass is 748 g/mol. The van der Waals surface area contributed by atoms with Crippen LogP contribution in [0.2, 0.25) is 0 Å². The van der Waals surface area contributed by atoms with Crippen molar-refractivity contribution in [3.63, 3.8) is 0 Å². The van der Waals surface area contributed by atoms with Gasteiger partial charge in [-0.05, 0) is 119 Å². The van der Waals surface area contributed by atoms with Crippen LogP contribution >= 0.6 is 0 Å². The molecule has 2 aliphatic carbocycles. The molecule has 0 atom stereocenters. The summed E-state index contributed by atoms with van der Waals surface area (Å²) in [5.74, 6) is 0.0125. The Labute approximate surface area is 341 Å². The van der Waals surface area contributed by atoms with Crippen LogP contribution in [0.1, 0.15) is 148 Å². The Hall–Kier alpha value is -4.69. The maximum absolute atomic E-state index is 14.0. The van der Waals surface area contributed by atoms with Crippen molar-refractivity contribution in [2.45, 2.75) is 138 Å². The molecule has 0 fully saturated rings. The highest BCUT2D eigenvalue weighted by Gasteiger charge is 2.23. The molecule has 0 bridgehead atoms. The molecule has 0 saturated heterocycles. The van der Waals surface area contributed by atoms with Crippen molar-refractivity contribution in [1.82, 2.24) is 5.32 Å². The zero-order valence-electron chi connectivity index (χ0n) is 36.4. The first-order valence-corrected chi connectivity index (χ1v) is 21.0. The lowest BCUT2D eigenvalue weighted by Crippen LogP contribution is -2.21. The number of ketones is 1. The van der Waals surface area contributed by atoms with Crippen molar-refractivity contribution < 1.29 is 4.79 Å². The molecule has 2 aromatic rings. The van der Waals surface area contributed by atoms with E-state index in [4.69, 9.17) is 0 Å². The average molecular weight is 748 g/mol. The summed E-state index contributed by atoms with van der Waals surface area (Å²) in [6.07, 6.45) is 33.0. The van der Waals surface area contributed by atoms with Gasteiger partial charge in [0.15, 0.2) is 5.78 Å². The molecule has 0 unspecified atom stereocenters. The van der Waals surface area contributed by atoms with Gasteiger partial charge in [-0.3, -0.25) is 4.79 Å². The van der Waals surface area contributed by atoms with Crippen LogP contribution in [-0.2, 0) is 22.2 Å². The minimum absolute atomic E-state index is 0.00324. The summed E-state index contributed by atoms with van der Waals surface area (Å²) in [5.41, 5.74) is 14.6. The van der Waals surface area contributed by atoms with Gasteiger partial charge >= 0.3 is 0 Å². The van der Waals surface area contributed by atoms with Gasteiger partial charge in [-0.15, -0.1) is 0 Å². The number of allylic oxidation sites excluding steroid dienone is 17. The number of carbonyl (C=O) groups is 1. The van der Waals surface area contributed by atoms with Crippen molar-refractivity contribution in [2.24, 2.45) is 0 Å². The maximum Gasteiger partial charge on any atom is 0.162 e. The van der Waals surface area contributed by atoms with E-state index in [1.165, 1.54) is 45.4 Å². The van der Waals surface area contributed by atoms with Gasteiger partial charge in [-0.1, -0.05) is 190 Å². The van der Waals surface area contributed by atoms with Crippen molar-refractivity contribution in [3.05, 3.63) is 177 Å². The Morgan fingerprint density at radius 3 is 2.07 bits per heavy atom. The molecular weight excluding hydrogens is 679 g/mol. The molecule has 56 heavy (non-hydrogen) atoms. The Balaban J connectivity index is 1.81. The topological polar surface area (TPSA) is 29.1 Å². The van der Waals surface area contributed by atoms with Crippen molar-refractivity contribution >= 4 is 17.6 Å². The van der Waals surface area contributed by atoms with E-state index in [0.29, 0.717) is 12.1 Å². The highest BCUT2D eigenvalue weighted by atomic mass is 16.1. The summed E-state index contributed by atoms with van der Waals surface area (Å²) < 4.78 is 0. The molecule has 2 aliphatic rings. The van der Waals surface area contributed by atoms with Crippen LogP contribution in [0.3, 0.4) is 0 Å². The number of unbranched alkanes of at least 4 members (excludes halogenated alkanes) is 1. The third-order valence-corrected chi connectivity index (χ3v) is 10.8. The third kappa shape index (κ3) is 12.7. The second-order valence-corrected chi connectivity index (χ2v) is 17.5. The lowest BCUT2D eigenvalue weighted by atomic mass is 9.79. The summed E-state index contributed by atoms with van der Waals surface area (Å²) in [7, 11) is 0. The zero-order chi connectivity index (χ0) is 40.9. The van der Waals surface area contributed by atoms with E-state index in [-0.39, 0.29) is 16.6 Å². The minimum atomic E-state index is 0.00324. The number of rotatable bonds is 16. The van der Waals surface area contributed by atoms with Crippen LogP contribution in [0.15, 0.2) is 149 Å². The van der Waals surface area contributed by atoms with Gasteiger partial charge in [0.05, 0.1) is 5.70 Å². The third-order valence-electron chi connectivity index (χ3n) is 10.8. The van der Waals surface area contributed by atoms with Gasteiger partial charge in [-0.2, -0.15) is 0 Å². The summed E-state index contributed by atoms with van der Waals surface area (Å²) in [6, 6.07) is 15.6. The molecule has 0 spiro atoms. The van der Waals surface area contributed by atoms with Crippen molar-refractivity contribution in [3.8, 4) is 0 Å². The average Bonchev–Trinajstić information content (AvgIpc) is 3.17. The number of hydrogen-bond acceptors (Lipinski definition) is 2. The summed E-state index contributed by atoms with van der Waals surface area (Å²) in [5, 5.41) is 3.82. The van der Waals surface area contributed by atoms with Crippen LogP contribution in [-0.4, -0.2) is 5.78 Å². The summed E-state index contributed by atoms with van der Waals surface area (Å²) in [6.45, 7) is 26.8. The zero-order valence-corrected chi connectivity index (χ0v) is 36.4. The SMILES string of the molecule is C=CC(=C(/C)C1=CC=C(/C=C/C(=C/CCC)CCC)CC1)/C(C(C)=O)=C(\NCc1cc(C(C)(C)C)cc(C(C)(C)C)c1)c1ccc(/C=C/C2=CCCC=C2)cc1. The molecule has 296 valence electrons. The normalized spacial score (nSPS) is 16.3. The summed E-state index contributed by atoms with van der Waals surface area (Å²) >= 11 is 0. The van der Waals surface area contributed by atoms with Crippen LogP contribution < -0.4 is 5.32 Å². The summed E-state index contributed by atoms with van der Waals surface area (Å²) in [4.78, 5) is 14.0. The minimum Gasteiger partial charge on any atom is -0.380 e. The fourth-order valence-electron chi connectivity index (χ4n) is 7.20. The number of nitrogens with one attached hydrogen (secondary N) is 1. The molecule has 2 aromatic carbocycles. The fourth-order valence-corrected chi connectivity index (χ4v) is 7.20. The molecule has 2 nitrogen and oxygen atoms in total. The number of carbonyl (C=O) groups excluding carboxylic acids is 1. The lowest BCUT2D eigenvalue weighted by molar-refractivity contribution is -0.113. The quantitative estimate of drug-likeness (QED) is 0.137. The van der Waals surface area contributed by atoms with Crippen molar-refractivity contribution in [1.29, 1.82) is 0 Å². The predicted molar refractivity (Wildman–Crippen MR) is 246 cm³/mol. The van der Waals surface area contributed by atoms with Gasteiger partial charge in [-0.25, -0.2) is 0 Å². The van der Waals surface area contributed by atoms with E-state index in [1.807, 2.05) is 6.08 Å². The van der Waals surface area contributed by atoms with E-state index in [1.54, 1.807) is 6.92 Å². The lowest BCUT2D eigenvalue weighted by Gasteiger charge is -2.27. The number of benzene rings is 2. The standard InChI is InChI=1S/C54H69NO/c1-12-15-20-41(19-13-2)23-25-43-27-31-46(32-28-43)39(4)50(14-3)51(40(5)56)52(47-33-29-44(30-34-47)26-24-42-21-17-16-18-22-42)55-38-45-35-48(53(6,7)8)37-49(36-45)54(9,10)11/h14,17,20-27,29-31,33-37,55H,3,12-13,15-16,18-19,28,32,38H2,1-2,4-11H3/b25-23+,26-24+,41-20+,50-39+,52-51-. The second-order valence-electron chi connectivity index (χ2n) is 17.5. The highest BCUT2D eigenvalue weighted by Crippen LogP contribution is 2.34. The Kier molecular flexibility index (Phi) is 16.1. The fraction of sp³-hybridized carbons (Fsp3) is 0.389. The molecule has 0 saturated carbocycles. The van der Waals surface area contributed by atoms with E-state index >= 15 is 0 Å². The molecular formula is C54H69NO. The van der Waals surface area contributed by atoms with Crippen LogP contribution in [0.5, 0.6) is 0 Å². The molecule has 2 heteroatoms. The van der Waals surface area contributed by atoms with Crippen LogP contribution in [0, 0.1) is 0 Å². The molecule has 0 radical (unpaired) electrons. The Morgan fingerprint density at radius 1 is 0.839 bits per heavy atom. The predicted octanol–water partition coefficient (Wildman–Crippen LogP) is 14.9. The first-order valence-electron chi connectivity index (χ1n) is 21.0. The number of Topliss-reactive ketones (excluding diaryl/α,β-unsaturated/α-hetero) is 1. The Bertz CT molecular complexity index is 1960. The van der Waals surface area contributed by atoms with E-state index in [9.17, 15) is 4.79 Å².